The van der Waals surface area contributed by atoms with E-state index in [9.17, 15) is 4.79 Å². The van der Waals surface area contributed by atoms with Crippen molar-refractivity contribution in [3.63, 3.8) is 0 Å². The lowest BCUT2D eigenvalue weighted by Gasteiger charge is -2.21. The van der Waals surface area contributed by atoms with Crippen LogP contribution in [-0.4, -0.2) is 25.6 Å². The monoisotopic (exact) mass is 275 g/mol. The predicted molar refractivity (Wildman–Crippen MR) is 72.3 cm³/mol. The summed E-state index contributed by atoms with van der Waals surface area (Å²) < 4.78 is 3.31. The number of thiazole rings is 1. The zero-order valence-electron chi connectivity index (χ0n) is 9.37. The van der Waals surface area contributed by atoms with E-state index in [-0.39, 0.29) is 0 Å². The number of carbonyl (C=O) groups is 1. The predicted octanol–water partition coefficient (Wildman–Crippen LogP) is 2.77. The summed E-state index contributed by atoms with van der Waals surface area (Å²) in [4.78, 5) is 11.9. The summed E-state index contributed by atoms with van der Waals surface area (Å²) in [5.74, 6) is 0.350. The molecule has 18 heavy (non-hydrogen) atoms. The Bertz CT molecular complexity index is 753. The second-order valence-corrected chi connectivity index (χ2v) is 6.63. The van der Waals surface area contributed by atoms with Crippen molar-refractivity contribution in [3.05, 3.63) is 24.3 Å². The average Bonchev–Trinajstić information content (AvgIpc) is 2.87. The van der Waals surface area contributed by atoms with Crippen LogP contribution >= 0.6 is 23.1 Å². The molecule has 1 saturated carbocycles. The molecule has 0 atom stereocenters. The third-order valence-electron chi connectivity index (χ3n) is 3.09. The number of thioether (sulfide) groups is 1. The van der Waals surface area contributed by atoms with Gasteiger partial charge >= 0.3 is 0 Å². The number of aromatic nitrogens is 3. The van der Waals surface area contributed by atoms with Gasteiger partial charge in [-0.25, -0.2) is 0 Å². The highest BCUT2D eigenvalue weighted by Gasteiger charge is 2.29. The van der Waals surface area contributed by atoms with Crippen molar-refractivity contribution >= 4 is 44.1 Å². The number of nitrogens with zero attached hydrogens (tertiary/aromatic N) is 3. The zero-order valence-corrected chi connectivity index (χ0v) is 11.0. The normalized spacial score (nSPS) is 16.6. The fourth-order valence-electron chi connectivity index (χ4n) is 2.11. The number of para-hydroxylation sites is 1. The van der Waals surface area contributed by atoms with Crippen LogP contribution in [0.1, 0.15) is 12.8 Å². The highest BCUT2D eigenvalue weighted by molar-refractivity contribution is 7.99. The molecule has 0 saturated heterocycles. The van der Waals surface area contributed by atoms with Gasteiger partial charge in [0.15, 0.2) is 5.16 Å². The van der Waals surface area contributed by atoms with Gasteiger partial charge in [0.05, 0.1) is 10.2 Å². The molecule has 2 aromatic heterocycles. The largest absolute Gasteiger partial charge is 0.300 e. The van der Waals surface area contributed by atoms with E-state index in [0.29, 0.717) is 23.9 Å². The van der Waals surface area contributed by atoms with E-state index in [0.717, 1.165) is 15.6 Å². The first-order valence-electron chi connectivity index (χ1n) is 5.72. The maximum absolute atomic E-state index is 11.0. The van der Waals surface area contributed by atoms with E-state index in [1.54, 1.807) is 23.1 Å². The third kappa shape index (κ3) is 1.49. The van der Waals surface area contributed by atoms with Crippen LogP contribution in [0.4, 0.5) is 0 Å². The van der Waals surface area contributed by atoms with Crippen molar-refractivity contribution < 1.29 is 4.79 Å². The van der Waals surface area contributed by atoms with Gasteiger partial charge < -0.3 is 0 Å². The Morgan fingerprint density at radius 3 is 2.94 bits per heavy atom. The van der Waals surface area contributed by atoms with Gasteiger partial charge in [0.25, 0.3) is 0 Å². The average molecular weight is 275 g/mol. The van der Waals surface area contributed by atoms with Gasteiger partial charge in [-0.3, -0.25) is 9.20 Å². The Morgan fingerprint density at radius 2 is 2.11 bits per heavy atom. The van der Waals surface area contributed by atoms with Gasteiger partial charge in [-0.05, 0) is 12.1 Å². The molecule has 1 fully saturated rings. The van der Waals surface area contributed by atoms with Crippen LogP contribution in [0, 0.1) is 0 Å². The van der Waals surface area contributed by atoms with Gasteiger partial charge in [-0.15, -0.1) is 10.2 Å². The van der Waals surface area contributed by atoms with Gasteiger partial charge in [0, 0.05) is 18.1 Å². The maximum Gasteiger partial charge on any atom is 0.217 e. The van der Waals surface area contributed by atoms with Crippen molar-refractivity contribution in [2.75, 3.05) is 0 Å². The molecule has 3 aromatic rings. The topological polar surface area (TPSA) is 47.3 Å². The highest BCUT2D eigenvalue weighted by Crippen LogP contribution is 2.36. The Kier molecular flexibility index (Phi) is 2.22. The summed E-state index contributed by atoms with van der Waals surface area (Å²) in [6.45, 7) is 0. The first-order chi connectivity index (χ1) is 8.81. The first kappa shape index (κ1) is 10.5. The maximum atomic E-state index is 11.0. The summed E-state index contributed by atoms with van der Waals surface area (Å²) in [7, 11) is 0. The summed E-state index contributed by atoms with van der Waals surface area (Å²) in [5.41, 5.74) is 1.15. The van der Waals surface area contributed by atoms with Crippen LogP contribution in [0.25, 0.3) is 15.2 Å². The van der Waals surface area contributed by atoms with Crippen molar-refractivity contribution in [1.29, 1.82) is 0 Å². The Balaban J connectivity index is 1.82. The van der Waals surface area contributed by atoms with Crippen molar-refractivity contribution in [2.24, 2.45) is 0 Å². The molecule has 1 aliphatic rings. The summed E-state index contributed by atoms with van der Waals surface area (Å²) in [6, 6.07) is 8.23. The lowest BCUT2D eigenvalue weighted by Crippen LogP contribution is -2.25. The van der Waals surface area contributed by atoms with Crippen molar-refractivity contribution in [2.45, 2.75) is 23.2 Å². The van der Waals surface area contributed by atoms with E-state index in [1.807, 2.05) is 12.1 Å². The molecule has 1 aliphatic carbocycles. The van der Waals surface area contributed by atoms with Crippen LogP contribution in [0.3, 0.4) is 0 Å². The molecule has 4 rings (SSSR count). The number of fused-ring (bicyclic) bond motifs is 3. The number of benzene rings is 1. The van der Waals surface area contributed by atoms with Gasteiger partial charge in [-0.1, -0.05) is 35.2 Å². The smallest absolute Gasteiger partial charge is 0.217 e. The number of Topliss-reactive ketones (excluding diaryl/α,β-unsaturated/α-hetero) is 1. The number of hydrogen-bond donors (Lipinski definition) is 0. The van der Waals surface area contributed by atoms with Crippen molar-refractivity contribution in [1.82, 2.24) is 14.6 Å². The summed E-state index contributed by atoms with van der Waals surface area (Å²) in [5, 5.41) is 9.72. The van der Waals surface area contributed by atoms with E-state index < -0.39 is 0 Å². The fourth-order valence-corrected chi connectivity index (χ4v) is 4.35. The molecule has 4 nitrogen and oxygen atoms in total. The lowest BCUT2D eigenvalue weighted by molar-refractivity contribution is -0.123. The van der Waals surface area contributed by atoms with Crippen LogP contribution in [0.15, 0.2) is 29.4 Å². The molecule has 90 valence electrons. The number of carbonyl (C=O) groups excluding carboxylic acids is 1. The Hall–Kier alpha value is -1.40. The molecule has 6 heteroatoms. The Morgan fingerprint density at radius 1 is 1.28 bits per heavy atom. The molecular formula is C12H9N3OS2. The summed E-state index contributed by atoms with van der Waals surface area (Å²) >= 11 is 3.31. The van der Waals surface area contributed by atoms with Crippen molar-refractivity contribution in [3.8, 4) is 0 Å². The minimum atomic E-state index is 0.350. The standard InChI is InChI=1S/C12H9N3OS2/c16-7-5-8(6-7)17-11-13-14-12-15(11)9-3-1-2-4-10(9)18-12/h1-4,8H,5-6H2. The zero-order chi connectivity index (χ0) is 12.1. The number of ketones is 1. The van der Waals surface area contributed by atoms with Crippen LogP contribution in [0.2, 0.25) is 0 Å². The molecule has 2 heterocycles. The Labute approximate surface area is 111 Å². The second kappa shape index (κ2) is 3.80. The van der Waals surface area contributed by atoms with E-state index >= 15 is 0 Å². The first-order valence-corrected chi connectivity index (χ1v) is 7.42. The van der Waals surface area contributed by atoms with E-state index in [1.165, 1.54) is 4.70 Å². The fraction of sp³-hybridized carbons (Fsp3) is 0.250. The minimum Gasteiger partial charge on any atom is -0.300 e. The van der Waals surface area contributed by atoms with Crippen LogP contribution < -0.4 is 0 Å². The van der Waals surface area contributed by atoms with E-state index in [4.69, 9.17) is 0 Å². The van der Waals surface area contributed by atoms with Gasteiger partial charge in [-0.2, -0.15) is 0 Å². The molecular weight excluding hydrogens is 266 g/mol. The molecule has 0 amide bonds. The molecule has 0 radical (unpaired) electrons. The van der Waals surface area contributed by atoms with Gasteiger partial charge in [0.1, 0.15) is 5.78 Å². The number of rotatable bonds is 2. The quantitative estimate of drug-likeness (QED) is 0.721. The molecule has 0 N–H and O–H groups in total. The summed E-state index contributed by atoms with van der Waals surface area (Å²) in [6.07, 6.45) is 1.34. The highest BCUT2D eigenvalue weighted by atomic mass is 32.2. The molecule has 1 aromatic carbocycles. The lowest BCUT2D eigenvalue weighted by atomic mass is 9.98. The SMILES string of the molecule is O=C1CC(Sc2nnc3sc4ccccc4n23)C1. The van der Waals surface area contributed by atoms with Crippen LogP contribution in [0.5, 0.6) is 0 Å². The van der Waals surface area contributed by atoms with Crippen LogP contribution in [-0.2, 0) is 4.79 Å². The third-order valence-corrected chi connectivity index (χ3v) is 5.25. The van der Waals surface area contributed by atoms with Gasteiger partial charge in [0.2, 0.25) is 4.96 Å². The molecule has 0 unspecified atom stereocenters. The van der Waals surface area contributed by atoms with E-state index in [2.05, 4.69) is 26.7 Å². The minimum absolute atomic E-state index is 0.350. The number of hydrogen-bond acceptors (Lipinski definition) is 5. The second-order valence-electron chi connectivity index (χ2n) is 4.36. The molecule has 0 aliphatic heterocycles. The molecule has 0 bridgehead atoms. The molecule has 0 spiro atoms.